The maximum Gasteiger partial charge on any atom is 0.231 e. The highest BCUT2D eigenvalue weighted by Gasteiger charge is 2.16. The first-order valence-corrected chi connectivity index (χ1v) is 13.2. The van der Waals surface area contributed by atoms with Crippen LogP contribution in [0.2, 0.25) is 0 Å². The molecule has 0 radical (unpaired) electrons. The molecule has 2 aromatic carbocycles. The summed E-state index contributed by atoms with van der Waals surface area (Å²) < 4.78 is 7.41. The van der Waals surface area contributed by atoms with E-state index in [1.165, 1.54) is 6.92 Å². The number of morpholine rings is 1. The number of ether oxygens (including phenoxy) is 1. The fraction of sp³-hybridized carbons (Fsp3) is 0.185. The third kappa shape index (κ3) is 5.15. The summed E-state index contributed by atoms with van der Waals surface area (Å²) in [5.41, 5.74) is 5.90. The maximum atomic E-state index is 11.4. The summed E-state index contributed by atoms with van der Waals surface area (Å²) in [7, 11) is 0. The molecule has 0 aliphatic carbocycles. The molecule has 10 nitrogen and oxygen atoms in total. The van der Waals surface area contributed by atoms with Crippen molar-refractivity contribution in [3.05, 3.63) is 71.7 Å². The van der Waals surface area contributed by atoms with Crippen LogP contribution in [0.25, 0.3) is 16.9 Å². The van der Waals surface area contributed by atoms with Gasteiger partial charge in [0.2, 0.25) is 11.9 Å². The Hall–Kier alpha value is -4.48. The molecular weight excluding hydrogens is 500 g/mol. The fourth-order valence-corrected chi connectivity index (χ4v) is 4.94. The van der Waals surface area contributed by atoms with Crippen molar-refractivity contribution in [2.45, 2.75) is 6.92 Å². The molecule has 0 atom stereocenters. The van der Waals surface area contributed by atoms with Gasteiger partial charge in [0.1, 0.15) is 6.33 Å². The normalized spacial score (nSPS) is 13.4. The van der Waals surface area contributed by atoms with Crippen molar-refractivity contribution in [3.63, 3.8) is 0 Å². The van der Waals surface area contributed by atoms with E-state index < -0.39 is 0 Å². The number of thiophene rings is 1. The van der Waals surface area contributed by atoms with Crippen molar-refractivity contribution in [1.29, 1.82) is 0 Å². The third-order valence-corrected chi connectivity index (χ3v) is 6.82. The number of anilines is 6. The van der Waals surface area contributed by atoms with E-state index in [0.717, 1.165) is 54.7 Å². The van der Waals surface area contributed by atoms with Crippen molar-refractivity contribution in [3.8, 4) is 5.69 Å². The second kappa shape index (κ2) is 10.5. The fourth-order valence-electron chi connectivity index (χ4n) is 4.31. The van der Waals surface area contributed by atoms with Gasteiger partial charge in [-0.25, -0.2) is 4.98 Å². The Balaban J connectivity index is 1.32. The van der Waals surface area contributed by atoms with E-state index in [1.807, 2.05) is 52.4 Å². The van der Waals surface area contributed by atoms with E-state index in [4.69, 9.17) is 14.7 Å². The van der Waals surface area contributed by atoms with E-state index in [0.29, 0.717) is 22.9 Å². The van der Waals surface area contributed by atoms with E-state index in [2.05, 4.69) is 43.3 Å². The number of hydrogen-bond acceptors (Lipinski definition) is 9. The number of imidazole rings is 1. The lowest BCUT2D eigenvalue weighted by atomic mass is 10.2. The maximum absolute atomic E-state index is 11.4. The molecule has 0 spiro atoms. The lowest BCUT2D eigenvalue weighted by Crippen LogP contribution is -2.36. The summed E-state index contributed by atoms with van der Waals surface area (Å²) in [4.78, 5) is 27.9. The predicted molar refractivity (Wildman–Crippen MR) is 151 cm³/mol. The van der Waals surface area contributed by atoms with Crippen molar-refractivity contribution >= 4 is 62.9 Å². The highest BCUT2D eigenvalue weighted by Crippen LogP contribution is 2.29. The topological polar surface area (TPSA) is 109 Å². The Morgan fingerprint density at radius 1 is 0.895 bits per heavy atom. The van der Waals surface area contributed by atoms with Gasteiger partial charge in [-0.1, -0.05) is 0 Å². The minimum atomic E-state index is -0.115. The van der Waals surface area contributed by atoms with Gasteiger partial charge in [-0.3, -0.25) is 9.36 Å². The number of carbonyl (C=O) groups excluding carboxylic acids is 1. The van der Waals surface area contributed by atoms with Crippen LogP contribution in [-0.4, -0.2) is 51.7 Å². The number of carbonyl (C=O) groups is 1. The van der Waals surface area contributed by atoms with Crippen molar-refractivity contribution in [1.82, 2.24) is 19.5 Å². The van der Waals surface area contributed by atoms with Gasteiger partial charge < -0.3 is 25.6 Å². The SMILES string of the molecule is CC(=O)Nc1ccc(Nc2nc(Nc3ccc(N4CCOCC4)cc3)nc3c2ncn3-c2ccsc2)cc1. The van der Waals surface area contributed by atoms with Crippen LogP contribution < -0.4 is 20.9 Å². The van der Waals surface area contributed by atoms with E-state index in [-0.39, 0.29) is 5.91 Å². The quantitative estimate of drug-likeness (QED) is 0.267. The van der Waals surface area contributed by atoms with Crippen LogP contribution in [0.4, 0.5) is 34.5 Å². The molecule has 0 saturated carbocycles. The molecule has 6 rings (SSSR count). The number of fused-ring (bicyclic) bond motifs is 1. The smallest absolute Gasteiger partial charge is 0.231 e. The number of benzene rings is 2. The molecule has 1 saturated heterocycles. The van der Waals surface area contributed by atoms with Gasteiger partial charge in [0.05, 0.1) is 18.9 Å². The zero-order valence-corrected chi connectivity index (χ0v) is 21.5. The summed E-state index contributed by atoms with van der Waals surface area (Å²) in [5.74, 6) is 0.908. The molecule has 0 unspecified atom stereocenters. The molecule has 4 heterocycles. The minimum Gasteiger partial charge on any atom is -0.378 e. The number of nitrogens with one attached hydrogen (secondary N) is 3. The molecule has 192 valence electrons. The molecule has 1 aliphatic rings. The Labute approximate surface area is 223 Å². The largest absolute Gasteiger partial charge is 0.378 e. The summed E-state index contributed by atoms with van der Waals surface area (Å²) in [5, 5.41) is 13.6. The average molecular weight is 527 g/mol. The first-order chi connectivity index (χ1) is 18.6. The van der Waals surface area contributed by atoms with Gasteiger partial charge in [0.25, 0.3) is 0 Å². The average Bonchev–Trinajstić information content (AvgIpc) is 3.61. The van der Waals surface area contributed by atoms with Crippen LogP contribution >= 0.6 is 11.3 Å². The molecule has 11 heteroatoms. The van der Waals surface area contributed by atoms with E-state index >= 15 is 0 Å². The van der Waals surface area contributed by atoms with Crippen LogP contribution in [0.15, 0.2) is 71.7 Å². The van der Waals surface area contributed by atoms with Crippen molar-refractivity contribution in [2.75, 3.05) is 47.2 Å². The van der Waals surface area contributed by atoms with Crippen molar-refractivity contribution < 1.29 is 9.53 Å². The summed E-state index contributed by atoms with van der Waals surface area (Å²) in [6.45, 7) is 4.76. The molecule has 38 heavy (non-hydrogen) atoms. The Morgan fingerprint density at radius 2 is 1.61 bits per heavy atom. The zero-order chi connectivity index (χ0) is 25.9. The molecule has 1 amide bonds. The molecule has 0 bridgehead atoms. The van der Waals surface area contributed by atoms with Crippen LogP contribution in [-0.2, 0) is 9.53 Å². The molecule has 3 N–H and O–H groups in total. The van der Waals surface area contributed by atoms with Gasteiger partial charge in [-0.2, -0.15) is 21.3 Å². The highest BCUT2D eigenvalue weighted by atomic mass is 32.1. The van der Waals surface area contributed by atoms with Crippen LogP contribution in [0.5, 0.6) is 0 Å². The Bertz CT molecular complexity index is 1540. The second-order valence-corrected chi connectivity index (χ2v) is 9.60. The molecule has 5 aromatic rings. The Morgan fingerprint density at radius 3 is 2.32 bits per heavy atom. The lowest BCUT2D eigenvalue weighted by Gasteiger charge is -2.28. The van der Waals surface area contributed by atoms with Gasteiger partial charge in [-0.15, -0.1) is 0 Å². The van der Waals surface area contributed by atoms with Crippen LogP contribution in [0.1, 0.15) is 6.92 Å². The summed E-state index contributed by atoms with van der Waals surface area (Å²) in [6.07, 6.45) is 1.76. The van der Waals surface area contributed by atoms with Gasteiger partial charge >= 0.3 is 0 Å². The first-order valence-electron chi connectivity index (χ1n) is 12.2. The minimum absolute atomic E-state index is 0.115. The first kappa shape index (κ1) is 23.9. The zero-order valence-electron chi connectivity index (χ0n) is 20.7. The lowest BCUT2D eigenvalue weighted by molar-refractivity contribution is -0.114. The van der Waals surface area contributed by atoms with Crippen LogP contribution in [0, 0.1) is 0 Å². The highest BCUT2D eigenvalue weighted by molar-refractivity contribution is 7.08. The van der Waals surface area contributed by atoms with Gasteiger partial charge in [-0.05, 0) is 60.0 Å². The molecule has 1 aliphatic heterocycles. The molecule has 3 aromatic heterocycles. The second-order valence-electron chi connectivity index (χ2n) is 8.82. The summed E-state index contributed by atoms with van der Waals surface area (Å²) >= 11 is 1.61. The standard InChI is InChI=1S/C27H26N8O2S/c1-18(36)29-19-2-4-20(5-3-19)30-25-24-26(35(17-28-24)23-10-15-38-16-23)33-27(32-25)31-21-6-8-22(9-7-21)34-11-13-37-14-12-34/h2-10,15-17H,11-14H2,1H3,(H,29,36)(H2,30,31,32,33). The number of amides is 1. The number of hydrogen-bond donors (Lipinski definition) is 3. The van der Waals surface area contributed by atoms with Crippen LogP contribution in [0.3, 0.4) is 0 Å². The van der Waals surface area contributed by atoms with E-state index in [1.54, 1.807) is 17.7 Å². The van der Waals surface area contributed by atoms with E-state index in [9.17, 15) is 4.79 Å². The monoisotopic (exact) mass is 526 g/mol. The third-order valence-electron chi connectivity index (χ3n) is 6.15. The van der Waals surface area contributed by atoms with Gasteiger partial charge in [0.15, 0.2) is 17.0 Å². The number of aromatic nitrogens is 4. The molecule has 1 fully saturated rings. The predicted octanol–water partition coefficient (Wildman–Crippen LogP) is 5.16. The Kier molecular flexibility index (Phi) is 6.59. The van der Waals surface area contributed by atoms with Crippen molar-refractivity contribution in [2.24, 2.45) is 0 Å². The summed E-state index contributed by atoms with van der Waals surface area (Å²) in [6, 6.07) is 17.7. The van der Waals surface area contributed by atoms with Gasteiger partial charge in [0, 0.05) is 48.1 Å². The molecular formula is C27H26N8O2S. The number of rotatable bonds is 7. The number of nitrogens with zero attached hydrogens (tertiary/aromatic N) is 5.